The number of nitrogens with zero attached hydrogens (tertiary/aromatic N) is 1. The van der Waals surface area contributed by atoms with E-state index in [-0.39, 0.29) is 24.4 Å². The first-order chi connectivity index (χ1) is 11.3. The largest absolute Gasteiger partial charge is 0.383 e. The van der Waals surface area contributed by atoms with Gasteiger partial charge in [0, 0.05) is 36.9 Å². The monoisotopic (exact) mass is 356 g/mol. The van der Waals surface area contributed by atoms with Gasteiger partial charge in [-0.05, 0) is 18.6 Å². The van der Waals surface area contributed by atoms with Crippen LogP contribution in [-0.2, 0) is 4.79 Å². The molecule has 1 unspecified atom stereocenters. The lowest BCUT2D eigenvalue weighted by molar-refractivity contribution is -0.127. The molecule has 1 heterocycles. The summed E-state index contributed by atoms with van der Waals surface area (Å²) in [7, 11) is 1.75. The van der Waals surface area contributed by atoms with E-state index in [9.17, 15) is 18.0 Å². The molecule has 1 aromatic rings. The summed E-state index contributed by atoms with van der Waals surface area (Å²) in [4.78, 5) is 14.7. The molecule has 0 saturated carbocycles. The second-order valence-electron chi connectivity index (χ2n) is 5.50. The number of hydrogen-bond donors (Lipinski definition) is 1. The molecule has 1 saturated heterocycles. The number of hydrogen-bond acceptors (Lipinski definition) is 3. The van der Waals surface area contributed by atoms with Crippen molar-refractivity contribution in [2.75, 3.05) is 20.1 Å². The van der Waals surface area contributed by atoms with E-state index in [0.717, 1.165) is 16.0 Å². The van der Waals surface area contributed by atoms with Crippen molar-refractivity contribution in [3.8, 4) is 0 Å². The van der Waals surface area contributed by atoms with E-state index in [4.69, 9.17) is 0 Å². The van der Waals surface area contributed by atoms with E-state index in [1.54, 1.807) is 11.9 Å². The normalized spacial score (nSPS) is 18.2. The second-order valence-corrected chi connectivity index (χ2v) is 6.72. The summed E-state index contributed by atoms with van der Waals surface area (Å²) in [6.45, 7) is 6.26. The van der Waals surface area contributed by atoms with Crippen LogP contribution in [0.4, 0.5) is 13.2 Å². The highest BCUT2D eigenvalue weighted by molar-refractivity contribution is 8.06. The standard InChI is InChI=1S/C17H19F3N2OS/c1-4-13(24-10(2)21-3)9-22-8-11(5-16(22)23)14-6-12(18)7-15(19)17(14)20/h4,6-7,11,21H,2,5,8-9H2,1,3H3/b13-4-. The average molecular weight is 356 g/mol. The SMILES string of the molecule is C=C(NC)S/C(=C\C)CN1CC(c2cc(F)cc(F)c2F)CC1=O. The Morgan fingerprint density at radius 2 is 2.17 bits per heavy atom. The van der Waals surface area contributed by atoms with Crippen molar-refractivity contribution in [2.45, 2.75) is 19.3 Å². The van der Waals surface area contributed by atoms with Crippen molar-refractivity contribution in [3.63, 3.8) is 0 Å². The predicted molar refractivity (Wildman–Crippen MR) is 89.8 cm³/mol. The molecule has 2 rings (SSSR count). The smallest absolute Gasteiger partial charge is 0.223 e. The van der Waals surface area contributed by atoms with Crippen molar-refractivity contribution in [3.05, 3.63) is 57.7 Å². The molecule has 1 N–H and O–H groups in total. The van der Waals surface area contributed by atoms with Gasteiger partial charge in [-0.25, -0.2) is 13.2 Å². The number of nitrogens with one attached hydrogen (secondary N) is 1. The number of carbonyl (C=O) groups is 1. The van der Waals surface area contributed by atoms with Crippen LogP contribution in [0.2, 0.25) is 0 Å². The van der Waals surface area contributed by atoms with E-state index < -0.39 is 23.4 Å². The highest BCUT2D eigenvalue weighted by Gasteiger charge is 2.33. The maximum absolute atomic E-state index is 13.9. The fourth-order valence-corrected chi connectivity index (χ4v) is 3.34. The summed E-state index contributed by atoms with van der Waals surface area (Å²) in [6.07, 6.45) is 1.91. The first-order valence-corrected chi connectivity index (χ1v) is 8.29. The third kappa shape index (κ3) is 4.14. The number of benzene rings is 1. The van der Waals surface area contributed by atoms with Gasteiger partial charge in [-0.15, -0.1) is 0 Å². The zero-order valence-electron chi connectivity index (χ0n) is 13.5. The second kappa shape index (κ2) is 7.79. The van der Waals surface area contributed by atoms with E-state index in [1.165, 1.54) is 11.8 Å². The van der Waals surface area contributed by atoms with Crippen molar-refractivity contribution in [1.29, 1.82) is 0 Å². The van der Waals surface area contributed by atoms with Crippen LogP contribution in [-0.4, -0.2) is 30.9 Å². The van der Waals surface area contributed by atoms with E-state index >= 15 is 0 Å². The minimum Gasteiger partial charge on any atom is -0.383 e. The quantitative estimate of drug-likeness (QED) is 0.788. The molecule has 1 aliphatic heterocycles. The molecule has 3 nitrogen and oxygen atoms in total. The maximum atomic E-state index is 13.9. The highest BCUT2D eigenvalue weighted by Crippen LogP contribution is 2.33. The Morgan fingerprint density at radius 3 is 2.79 bits per heavy atom. The number of thioether (sulfide) groups is 1. The van der Waals surface area contributed by atoms with Gasteiger partial charge in [0.1, 0.15) is 5.82 Å². The number of likely N-dealkylation sites (tertiary alicyclic amines) is 1. The van der Waals surface area contributed by atoms with Gasteiger partial charge in [-0.2, -0.15) is 0 Å². The molecule has 0 spiro atoms. The summed E-state index contributed by atoms with van der Waals surface area (Å²) in [5.41, 5.74) is -0.0855. The number of allylic oxidation sites excluding steroid dienone is 1. The molecule has 7 heteroatoms. The fraction of sp³-hybridized carbons (Fsp3) is 0.353. The first-order valence-electron chi connectivity index (χ1n) is 7.47. The van der Waals surface area contributed by atoms with Crippen LogP contribution in [0.1, 0.15) is 24.8 Å². The molecule has 1 fully saturated rings. The van der Waals surface area contributed by atoms with Gasteiger partial charge in [0.05, 0.1) is 11.6 Å². The molecule has 0 bridgehead atoms. The highest BCUT2D eigenvalue weighted by atomic mass is 32.2. The minimum absolute atomic E-state index is 0.0362. The summed E-state index contributed by atoms with van der Waals surface area (Å²) >= 11 is 1.41. The number of carbonyl (C=O) groups excluding carboxylic acids is 1. The molecule has 0 aliphatic carbocycles. The lowest BCUT2D eigenvalue weighted by Gasteiger charge is -2.19. The topological polar surface area (TPSA) is 32.3 Å². The fourth-order valence-electron chi connectivity index (χ4n) is 2.59. The number of amides is 1. The van der Waals surface area contributed by atoms with Gasteiger partial charge >= 0.3 is 0 Å². The van der Waals surface area contributed by atoms with Crippen molar-refractivity contribution < 1.29 is 18.0 Å². The van der Waals surface area contributed by atoms with Gasteiger partial charge < -0.3 is 10.2 Å². The molecule has 1 amide bonds. The molecular formula is C17H19F3N2OS. The summed E-state index contributed by atoms with van der Waals surface area (Å²) in [5.74, 6) is -3.88. The summed E-state index contributed by atoms with van der Waals surface area (Å²) in [5, 5.41) is 3.65. The first kappa shape index (κ1) is 18.4. The van der Waals surface area contributed by atoms with Crippen LogP contribution in [0.3, 0.4) is 0 Å². The van der Waals surface area contributed by atoms with E-state index in [1.807, 2.05) is 13.0 Å². The Kier molecular flexibility index (Phi) is 5.99. The van der Waals surface area contributed by atoms with Gasteiger partial charge in [-0.1, -0.05) is 24.4 Å². The van der Waals surface area contributed by atoms with Crippen LogP contribution in [0.5, 0.6) is 0 Å². The molecule has 0 aromatic heterocycles. The van der Waals surface area contributed by atoms with Crippen molar-refractivity contribution in [2.24, 2.45) is 0 Å². The van der Waals surface area contributed by atoms with Crippen LogP contribution in [0, 0.1) is 17.5 Å². The van der Waals surface area contributed by atoms with Gasteiger partial charge in [0.25, 0.3) is 0 Å². The van der Waals surface area contributed by atoms with Crippen LogP contribution < -0.4 is 5.32 Å². The van der Waals surface area contributed by atoms with Crippen LogP contribution in [0.25, 0.3) is 0 Å². The van der Waals surface area contributed by atoms with Crippen LogP contribution >= 0.6 is 11.8 Å². The van der Waals surface area contributed by atoms with E-state index in [0.29, 0.717) is 12.6 Å². The molecule has 24 heavy (non-hydrogen) atoms. The van der Waals surface area contributed by atoms with Gasteiger partial charge in [0.2, 0.25) is 5.91 Å². The molecule has 130 valence electrons. The third-order valence-corrected chi connectivity index (χ3v) is 4.95. The Bertz CT molecular complexity index is 691. The predicted octanol–water partition coefficient (Wildman–Crippen LogP) is 3.75. The Balaban J connectivity index is 2.12. The third-order valence-electron chi connectivity index (χ3n) is 3.88. The molecule has 0 radical (unpaired) electrons. The molecule has 1 aromatic carbocycles. The Hall–Kier alpha value is -1.89. The zero-order chi connectivity index (χ0) is 17.9. The van der Waals surface area contributed by atoms with Gasteiger partial charge in [0.15, 0.2) is 11.6 Å². The average Bonchev–Trinajstić information content (AvgIpc) is 2.90. The number of halogens is 3. The molecule has 1 aliphatic rings. The van der Waals surface area contributed by atoms with Crippen LogP contribution in [0.15, 0.2) is 34.7 Å². The van der Waals surface area contributed by atoms with Crippen molar-refractivity contribution in [1.82, 2.24) is 10.2 Å². The van der Waals surface area contributed by atoms with E-state index in [2.05, 4.69) is 11.9 Å². The summed E-state index contributed by atoms with van der Waals surface area (Å²) < 4.78 is 40.7. The maximum Gasteiger partial charge on any atom is 0.223 e. The Morgan fingerprint density at radius 1 is 1.46 bits per heavy atom. The minimum atomic E-state index is -1.23. The Labute approximate surface area is 143 Å². The summed E-state index contributed by atoms with van der Waals surface area (Å²) in [6, 6.07) is 1.47. The lowest BCUT2D eigenvalue weighted by atomic mass is 9.97. The van der Waals surface area contributed by atoms with Crippen molar-refractivity contribution >= 4 is 17.7 Å². The lowest BCUT2D eigenvalue weighted by Crippen LogP contribution is -2.27. The molecular weight excluding hydrogens is 337 g/mol. The molecule has 1 atom stereocenters. The van der Waals surface area contributed by atoms with Gasteiger partial charge in [-0.3, -0.25) is 4.79 Å². The zero-order valence-corrected chi connectivity index (χ0v) is 14.4. The number of rotatable bonds is 6.